The van der Waals surface area contributed by atoms with E-state index in [1.54, 1.807) is 29.2 Å². The summed E-state index contributed by atoms with van der Waals surface area (Å²) in [5.74, 6) is 0.526. The Morgan fingerprint density at radius 3 is 2.89 bits per heavy atom. The van der Waals surface area contributed by atoms with Crippen molar-refractivity contribution in [3.63, 3.8) is 0 Å². The molecule has 27 heavy (non-hydrogen) atoms. The molecule has 1 saturated heterocycles. The molecule has 1 unspecified atom stereocenters. The van der Waals surface area contributed by atoms with E-state index in [-0.39, 0.29) is 12.1 Å². The molecule has 1 aliphatic heterocycles. The summed E-state index contributed by atoms with van der Waals surface area (Å²) in [6, 6.07) is 5.95. The second-order valence-corrected chi connectivity index (χ2v) is 7.72. The van der Waals surface area contributed by atoms with Crippen LogP contribution in [0.15, 0.2) is 24.4 Å². The SMILES string of the molecule is COCCn1ccc(NC(=O)NCC(c2ccc(C)s2)N2CCOCC2)n1. The fraction of sp³-hybridized carbons (Fsp3) is 0.556. The van der Waals surface area contributed by atoms with Crippen LogP contribution >= 0.6 is 11.3 Å². The summed E-state index contributed by atoms with van der Waals surface area (Å²) in [4.78, 5) is 17.2. The predicted octanol–water partition coefficient (Wildman–Crippen LogP) is 2.09. The molecule has 0 aromatic carbocycles. The van der Waals surface area contributed by atoms with Gasteiger partial charge in [-0.05, 0) is 19.1 Å². The molecule has 0 saturated carbocycles. The van der Waals surface area contributed by atoms with Crippen LogP contribution in [0.2, 0.25) is 0 Å². The molecule has 3 heterocycles. The number of morpholine rings is 1. The number of carbonyl (C=O) groups is 1. The van der Waals surface area contributed by atoms with Gasteiger partial charge in [0.15, 0.2) is 5.82 Å². The Hall–Kier alpha value is -1.94. The lowest BCUT2D eigenvalue weighted by atomic mass is 10.2. The maximum absolute atomic E-state index is 12.3. The highest BCUT2D eigenvalue weighted by Gasteiger charge is 2.24. The number of amides is 2. The summed E-state index contributed by atoms with van der Waals surface area (Å²) in [5, 5.41) is 10.1. The van der Waals surface area contributed by atoms with E-state index in [1.165, 1.54) is 9.75 Å². The highest BCUT2D eigenvalue weighted by Crippen LogP contribution is 2.27. The van der Waals surface area contributed by atoms with Crippen LogP contribution < -0.4 is 10.6 Å². The normalized spacial score (nSPS) is 16.2. The summed E-state index contributed by atoms with van der Waals surface area (Å²) in [7, 11) is 1.65. The molecule has 148 valence electrons. The van der Waals surface area contributed by atoms with Crippen LogP contribution in [-0.4, -0.2) is 67.3 Å². The van der Waals surface area contributed by atoms with E-state index in [9.17, 15) is 4.79 Å². The van der Waals surface area contributed by atoms with Gasteiger partial charge < -0.3 is 14.8 Å². The first kappa shape index (κ1) is 19.8. The fourth-order valence-electron chi connectivity index (χ4n) is 3.02. The van der Waals surface area contributed by atoms with Crippen molar-refractivity contribution < 1.29 is 14.3 Å². The number of thiophene rings is 1. The fourth-order valence-corrected chi connectivity index (χ4v) is 4.03. The molecule has 2 aromatic rings. The first-order chi connectivity index (χ1) is 13.2. The Kier molecular flexibility index (Phi) is 7.22. The van der Waals surface area contributed by atoms with Gasteiger partial charge in [-0.1, -0.05) is 0 Å². The zero-order valence-corrected chi connectivity index (χ0v) is 16.6. The molecule has 1 atom stereocenters. The van der Waals surface area contributed by atoms with Crippen LogP contribution in [0.3, 0.4) is 0 Å². The van der Waals surface area contributed by atoms with Gasteiger partial charge in [0, 0.05) is 48.8 Å². The summed E-state index contributed by atoms with van der Waals surface area (Å²) in [5.41, 5.74) is 0. The maximum Gasteiger partial charge on any atom is 0.320 e. The molecular weight excluding hydrogens is 366 g/mol. The molecule has 2 N–H and O–H groups in total. The van der Waals surface area contributed by atoms with Crippen LogP contribution in [0.25, 0.3) is 0 Å². The van der Waals surface area contributed by atoms with Crippen molar-refractivity contribution in [2.24, 2.45) is 0 Å². The number of nitrogens with zero attached hydrogens (tertiary/aromatic N) is 3. The molecule has 0 spiro atoms. The highest BCUT2D eigenvalue weighted by atomic mass is 32.1. The summed E-state index contributed by atoms with van der Waals surface area (Å²) >= 11 is 1.77. The number of urea groups is 1. The van der Waals surface area contributed by atoms with Gasteiger partial charge in [0.25, 0.3) is 0 Å². The van der Waals surface area contributed by atoms with Gasteiger partial charge >= 0.3 is 6.03 Å². The van der Waals surface area contributed by atoms with Crippen molar-refractivity contribution in [1.29, 1.82) is 0 Å². The number of ether oxygens (including phenoxy) is 2. The predicted molar refractivity (Wildman–Crippen MR) is 105 cm³/mol. The minimum atomic E-state index is -0.251. The van der Waals surface area contributed by atoms with Crippen LogP contribution in [0.1, 0.15) is 15.8 Å². The molecule has 2 aromatic heterocycles. The first-order valence-electron chi connectivity index (χ1n) is 9.11. The van der Waals surface area contributed by atoms with Crippen molar-refractivity contribution in [1.82, 2.24) is 20.0 Å². The Morgan fingerprint density at radius 2 is 2.19 bits per heavy atom. The van der Waals surface area contributed by atoms with Crippen molar-refractivity contribution >= 4 is 23.2 Å². The van der Waals surface area contributed by atoms with E-state index < -0.39 is 0 Å². The largest absolute Gasteiger partial charge is 0.383 e. The second-order valence-electron chi connectivity index (χ2n) is 6.40. The van der Waals surface area contributed by atoms with E-state index in [2.05, 4.69) is 39.7 Å². The molecule has 0 aliphatic carbocycles. The van der Waals surface area contributed by atoms with Gasteiger partial charge in [0.2, 0.25) is 0 Å². The van der Waals surface area contributed by atoms with E-state index in [0.29, 0.717) is 25.5 Å². The summed E-state index contributed by atoms with van der Waals surface area (Å²) < 4.78 is 12.2. The highest BCUT2D eigenvalue weighted by molar-refractivity contribution is 7.12. The van der Waals surface area contributed by atoms with Gasteiger partial charge in [-0.2, -0.15) is 5.10 Å². The van der Waals surface area contributed by atoms with Gasteiger partial charge in [-0.25, -0.2) is 4.79 Å². The smallest absolute Gasteiger partial charge is 0.320 e. The number of carbonyl (C=O) groups excluding carboxylic acids is 1. The third kappa shape index (κ3) is 5.77. The lowest BCUT2D eigenvalue weighted by molar-refractivity contribution is 0.0175. The number of aryl methyl sites for hydroxylation is 1. The quantitative estimate of drug-likeness (QED) is 0.718. The minimum Gasteiger partial charge on any atom is -0.383 e. The third-order valence-electron chi connectivity index (χ3n) is 4.44. The lowest BCUT2D eigenvalue weighted by Crippen LogP contribution is -2.44. The number of methoxy groups -OCH3 is 1. The van der Waals surface area contributed by atoms with Crippen LogP contribution in [-0.2, 0) is 16.0 Å². The first-order valence-corrected chi connectivity index (χ1v) is 9.92. The van der Waals surface area contributed by atoms with Gasteiger partial charge in [0.1, 0.15) is 0 Å². The van der Waals surface area contributed by atoms with Gasteiger partial charge in [-0.15, -0.1) is 11.3 Å². The molecule has 8 nitrogen and oxygen atoms in total. The molecule has 1 fully saturated rings. The zero-order chi connectivity index (χ0) is 19.1. The van der Waals surface area contributed by atoms with Crippen LogP contribution in [0, 0.1) is 6.92 Å². The van der Waals surface area contributed by atoms with Gasteiger partial charge in [-0.3, -0.25) is 14.9 Å². The third-order valence-corrected chi connectivity index (χ3v) is 5.54. The van der Waals surface area contributed by atoms with Gasteiger partial charge in [0.05, 0.1) is 32.4 Å². The summed E-state index contributed by atoms with van der Waals surface area (Å²) in [6.07, 6.45) is 1.82. The average molecular weight is 394 g/mol. The number of aromatic nitrogens is 2. The van der Waals surface area contributed by atoms with Crippen molar-refractivity contribution in [3.8, 4) is 0 Å². The Balaban J connectivity index is 1.56. The zero-order valence-electron chi connectivity index (χ0n) is 15.8. The van der Waals surface area contributed by atoms with Crippen molar-refractivity contribution in [3.05, 3.63) is 34.2 Å². The molecule has 0 bridgehead atoms. The van der Waals surface area contributed by atoms with E-state index in [4.69, 9.17) is 9.47 Å². The molecule has 9 heteroatoms. The molecule has 1 aliphatic rings. The summed E-state index contributed by atoms with van der Waals surface area (Å²) in [6.45, 7) is 7.06. The Bertz CT molecular complexity index is 726. The van der Waals surface area contributed by atoms with Crippen molar-refractivity contribution in [2.45, 2.75) is 19.5 Å². The van der Waals surface area contributed by atoms with Crippen molar-refractivity contribution in [2.75, 3.05) is 51.9 Å². The van der Waals surface area contributed by atoms with Crippen LogP contribution in [0.4, 0.5) is 10.6 Å². The number of anilines is 1. The lowest BCUT2D eigenvalue weighted by Gasteiger charge is -2.34. The molecule has 3 rings (SSSR count). The topological polar surface area (TPSA) is 80.7 Å². The second kappa shape index (κ2) is 9.84. The maximum atomic E-state index is 12.3. The average Bonchev–Trinajstić information content (AvgIpc) is 3.30. The standard InChI is InChI=1S/C18H27N5O3S/c1-14-3-4-16(27-14)15(22-7-11-26-12-8-22)13-19-18(24)20-17-5-6-23(21-17)9-10-25-2/h3-6,15H,7-13H2,1-2H3,(H2,19,20,21,24). The van der Waals surface area contributed by atoms with E-state index in [1.807, 2.05) is 6.20 Å². The molecular formula is C18H27N5O3S. The Labute approximate surface area is 163 Å². The van der Waals surface area contributed by atoms with Crippen LogP contribution in [0.5, 0.6) is 0 Å². The number of rotatable bonds is 8. The van der Waals surface area contributed by atoms with E-state index in [0.717, 1.165) is 26.3 Å². The molecule has 0 radical (unpaired) electrons. The number of hydrogen-bond donors (Lipinski definition) is 2. The minimum absolute atomic E-state index is 0.151. The molecule has 2 amide bonds. The monoisotopic (exact) mass is 393 g/mol. The number of nitrogens with one attached hydrogen (secondary N) is 2. The Morgan fingerprint density at radius 1 is 1.37 bits per heavy atom. The van der Waals surface area contributed by atoms with E-state index >= 15 is 0 Å². The number of hydrogen-bond acceptors (Lipinski definition) is 6.